The summed E-state index contributed by atoms with van der Waals surface area (Å²) in [5.41, 5.74) is 1.86. The van der Waals surface area contributed by atoms with E-state index < -0.39 is 0 Å². The molecule has 2 aromatic heterocycles. The normalized spacial score (nSPS) is 16.5. The molecule has 1 amide bonds. The summed E-state index contributed by atoms with van der Waals surface area (Å²) in [7, 11) is 1.62. The van der Waals surface area contributed by atoms with Crippen molar-refractivity contribution in [1.29, 1.82) is 0 Å². The van der Waals surface area contributed by atoms with Crippen LogP contribution in [0, 0.1) is 0 Å². The molecule has 0 atom stereocenters. The number of ether oxygens (including phenoxy) is 1. The Morgan fingerprint density at radius 2 is 1.91 bits per heavy atom. The molecule has 2 aliphatic rings. The number of carbonyl (C=O) groups excluding carboxylic acids is 1. The smallest absolute Gasteiger partial charge is 0.267 e. The van der Waals surface area contributed by atoms with Gasteiger partial charge in [0.25, 0.3) is 5.56 Å². The second-order valence-corrected chi connectivity index (χ2v) is 10.7. The van der Waals surface area contributed by atoms with Crippen LogP contribution in [0.5, 0.6) is 5.75 Å². The molecule has 5 rings (SSSR count). The maximum atomic E-state index is 13.9. The fourth-order valence-corrected chi connectivity index (χ4v) is 7.02. The predicted molar refractivity (Wildman–Crippen MR) is 134 cm³/mol. The van der Waals surface area contributed by atoms with Gasteiger partial charge in [-0.05, 0) is 62.6 Å². The van der Waals surface area contributed by atoms with E-state index in [4.69, 9.17) is 9.72 Å². The standard InChI is InChI=1S/C25H29N3O3S2/c1-31-18-10-8-9-17(15-18)28-24(30)22-19-11-4-2-5-12-20(19)33-23(22)26-25(28)32-16-21(29)27-13-6-3-7-14-27/h8-10,15H,2-7,11-14,16H2,1H3. The van der Waals surface area contributed by atoms with Crippen molar-refractivity contribution in [1.82, 2.24) is 14.5 Å². The van der Waals surface area contributed by atoms with Crippen molar-refractivity contribution >= 4 is 39.2 Å². The molecule has 0 spiro atoms. The largest absolute Gasteiger partial charge is 0.497 e. The number of benzene rings is 1. The predicted octanol–water partition coefficient (Wildman–Crippen LogP) is 4.83. The molecule has 1 aliphatic carbocycles. The monoisotopic (exact) mass is 483 g/mol. The average Bonchev–Trinajstić information content (AvgIpc) is 3.04. The molecule has 1 aromatic carbocycles. The van der Waals surface area contributed by atoms with E-state index in [9.17, 15) is 9.59 Å². The van der Waals surface area contributed by atoms with E-state index in [-0.39, 0.29) is 17.2 Å². The maximum Gasteiger partial charge on any atom is 0.267 e. The molecule has 1 aliphatic heterocycles. The number of rotatable bonds is 5. The number of hydrogen-bond acceptors (Lipinski definition) is 6. The molecule has 0 saturated carbocycles. The highest BCUT2D eigenvalue weighted by molar-refractivity contribution is 7.99. The topological polar surface area (TPSA) is 64.4 Å². The van der Waals surface area contributed by atoms with E-state index in [1.165, 1.54) is 35.0 Å². The molecule has 0 unspecified atom stereocenters. The summed E-state index contributed by atoms with van der Waals surface area (Å²) in [6.07, 6.45) is 8.75. The van der Waals surface area contributed by atoms with E-state index in [1.54, 1.807) is 23.0 Å². The summed E-state index contributed by atoms with van der Waals surface area (Å²) in [5.74, 6) is 1.09. The highest BCUT2D eigenvalue weighted by atomic mass is 32.2. The Bertz CT molecular complexity index is 1230. The van der Waals surface area contributed by atoms with Gasteiger partial charge in [0.2, 0.25) is 5.91 Å². The van der Waals surface area contributed by atoms with Crippen LogP contribution >= 0.6 is 23.1 Å². The molecule has 3 heterocycles. The fraction of sp³-hybridized carbons (Fsp3) is 0.480. The molecule has 8 heteroatoms. The molecule has 1 fully saturated rings. The van der Waals surface area contributed by atoms with Crippen LogP contribution in [0.3, 0.4) is 0 Å². The lowest BCUT2D eigenvalue weighted by Gasteiger charge is -2.26. The lowest BCUT2D eigenvalue weighted by atomic mass is 10.1. The number of likely N-dealkylation sites (tertiary alicyclic amines) is 1. The number of piperidine rings is 1. The highest BCUT2D eigenvalue weighted by Crippen LogP contribution is 2.35. The van der Waals surface area contributed by atoms with Crippen LogP contribution < -0.4 is 10.3 Å². The Morgan fingerprint density at radius 1 is 1.12 bits per heavy atom. The van der Waals surface area contributed by atoms with E-state index in [1.807, 2.05) is 29.2 Å². The van der Waals surface area contributed by atoms with Gasteiger partial charge in [0, 0.05) is 24.0 Å². The van der Waals surface area contributed by atoms with Gasteiger partial charge in [-0.25, -0.2) is 4.98 Å². The van der Waals surface area contributed by atoms with Crippen LogP contribution in [0.2, 0.25) is 0 Å². The zero-order chi connectivity index (χ0) is 22.8. The minimum absolute atomic E-state index is 0.0411. The van der Waals surface area contributed by atoms with Gasteiger partial charge in [0.05, 0.1) is 23.9 Å². The van der Waals surface area contributed by atoms with Crippen LogP contribution in [0.1, 0.15) is 49.0 Å². The molecular weight excluding hydrogens is 454 g/mol. The number of nitrogens with zero attached hydrogens (tertiary/aromatic N) is 3. The van der Waals surface area contributed by atoms with Gasteiger partial charge >= 0.3 is 0 Å². The van der Waals surface area contributed by atoms with Crippen LogP contribution in [-0.4, -0.2) is 46.3 Å². The zero-order valence-electron chi connectivity index (χ0n) is 19.0. The third-order valence-electron chi connectivity index (χ3n) is 6.55. The Morgan fingerprint density at radius 3 is 2.73 bits per heavy atom. The van der Waals surface area contributed by atoms with Crippen molar-refractivity contribution < 1.29 is 9.53 Å². The number of aryl methyl sites for hydroxylation is 2. The van der Waals surface area contributed by atoms with Crippen LogP contribution in [0.25, 0.3) is 15.9 Å². The number of methoxy groups -OCH3 is 1. The van der Waals surface area contributed by atoms with Gasteiger partial charge in [-0.3, -0.25) is 14.2 Å². The summed E-state index contributed by atoms with van der Waals surface area (Å²) >= 11 is 3.02. The van der Waals surface area contributed by atoms with Crippen molar-refractivity contribution in [2.24, 2.45) is 0 Å². The maximum absolute atomic E-state index is 13.9. The van der Waals surface area contributed by atoms with Gasteiger partial charge in [-0.2, -0.15) is 0 Å². The summed E-state index contributed by atoms with van der Waals surface area (Å²) in [6.45, 7) is 1.65. The Hall–Kier alpha value is -2.32. The van der Waals surface area contributed by atoms with Crippen LogP contribution in [0.15, 0.2) is 34.2 Å². The summed E-state index contributed by atoms with van der Waals surface area (Å²) < 4.78 is 7.09. The van der Waals surface area contributed by atoms with Gasteiger partial charge in [-0.15, -0.1) is 11.3 Å². The van der Waals surface area contributed by atoms with E-state index in [0.717, 1.165) is 67.5 Å². The third kappa shape index (κ3) is 4.55. The number of carbonyl (C=O) groups is 1. The average molecular weight is 484 g/mol. The zero-order valence-corrected chi connectivity index (χ0v) is 20.6. The second kappa shape index (κ2) is 9.89. The van der Waals surface area contributed by atoms with Crippen LogP contribution in [-0.2, 0) is 17.6 Å². The number of amides is 1. The first kappa shape index (κ1) is 22.5. The van der Waals surface area contributed by atoms with E-state index in [0.29, 0.717) is 10.9 Å². The first-order chi connectivity index (χ1) is 16.2. The SMILES string of the molecule is COc1cccc(-n2c(SCC(=O)N3CCCCC3)nc3sc4c(c3c2=O)CCCCC4)c1. The minimum Gasteiger partial charge on any atom is -0.497 e. The number of thioether (sulfide) groups is 1. The van der Waals surface area contributed by atoms with Crippen LogP contribution in [0.4, 0.5) is 0 Å². The van der Waals surface area contributed by atoms with Gasteiger partial charge in [0.15, 0.2) is 5.16 Å². The first-order valence-electron chi connectivity index (χ1n) is 11.8. The summed E-state index contributed by atoms with van der Waals surface area (Å²) in [6, 6.07) is 7.51. The number of aromatic nitrogens is 2. The van der Waals surface area contributed by atoms with Gasteiger partial charge < -0.3 is 9.64 Å². The fourth-order valence-electron chi connectivity index (χ4n) is 4.80. The first-order valence-corrected chi connectivity index (χ1v) is 13.6. The Labute approximate surface area is 202 Å². The third-order valence-corrected chi connectivity index (χ3v) is 8.66. The highest BCUT2D eigenvalue weighted by Gasteiger charge is 2.24. The lowest BCUT2D eigenvalue weighted by molar-refractivity contribution is -0.129. The minimum atomic E-state index is -0.0411. The van der Waals surface area contributed by atoms with Gasteiger partial charge in [0.1, 0.15) is 10.6 Å². The molecule has 0 bridgehead atoms. The Balaban J connectivity index is 1.58. The van der Waals surface area contributed by atoms with Crippen molar-refractivity contribution in [2.45, 2.75) is 56.5 Å². The molecule has 3 aromatic rings. The second-order valence-electron chi connectivity index (χ2n) is 8.71. The number of thiophene rings is 1. The van der Waals surface area contributed by atoms with Crippen molar-refractivity contribution in [2.75, 3.05) is 26.0 Å². The van der Waals surface area contributed by atoms with Crippen molar-refractivity contribution in [3.8, 4) is 11.4 Å². The van der Waals surface area contributed by atoms with E-state index in [2.05, 4.69) is 0 Å². The molecule has 174 valence electrons. The molecule has 33 heavy (non-hydrogen) atoms. The lowest BCUT2D eigenvalue weighted by Crippen LogP contribution is -2.36. The Kier molecular flexibility index (Phi) is 6.74. The molecule has 0 N–H and O–H groups in total. The quantitative estimate of drug-likeness (QED) is 0.295. The molecule has 1 saturated heterocycles. The molecule has 0 radical (unpaired) electrons. The summed E-state index contributed by atoms with van der Waals surface area (Å²) in [4.78, 5) is 35.8. The number of fused-ring (bicyclic) bond motifs is 3. The number of hydrogen-bond donors (Lipinski definition) is 0. The van der Waals surface area contributed by atoms with E-state index >= 15 is 0 Å². The molecule has 6 nitrogen and oxygen atoms in total. The van der Waals surface area contributed by atoms with Crippen molar-refractivity contribution in [3.63, 3.8) is 0 Å². The molecular formula is C25H29N3O3S2. The van der Waals surface area contributed by atoms with Crippen molar-refractivity contribution in [3.05, 3.63) is 45.1 Å². The summed E-state index contributed by atoms with van der Waals surface area (Å²) in [5, 5.41) is 1.33. The van der Waals surface area contributed by atoms with Gasteiger partial charge in [-0.1, -0.05) is 24.2 Å².